The molecule has 4 heteroatoms. The third-order valence-electron chi connectivity index (χ3n) is 3.68. The van der Waals surface area contributed by atoms with Gasteiger partial charge in [-0.1, -0.05) is 37.3 Å². The quantitative estimate of drug-likeness (QED) is 0.812. The van der Waals surface area contributed by atoms with Gasteiger partial charge in [-0.05, 0) is 29.1 Å². The molecule has 0 bridgehead atoms. The van der Waals surface area contributed by atoms with Crippen molar-refractivity contribution in [3.05, 3.63) is 57.8 Å². The van der Waals surface area contributed by atoms with E-state index in [4.69, 9.17) is 10.5 Å². The molecule has 0 amide bonds. The largest absolute Gasteiger partial charge is 0.380 e. The third-order valence-corrected chi connectivity index (χ3v) is 4.55. The fraction of sp³-hybridized carbons (Fsp3) is 0.412. The highest BCUT2D eigenvalue weighted by Gasteiger charge is 2.18. The number of thiophene rings is 1. The van der Waals surface area contributed by atoms with E-state index in [0.717, 1.165) is 13.1 Å². The maximum absolute atomic E-state index is 6.04. The minimum absolute atomic E-state index is 0.258. The van der Waals surface area contributed by atoms with Gasteiger partial charge in [0, 0.05) is 31.1 Å². The Morgan fingerprint density at radius 2 is 2.00 bits per heavy atom. The molecule has 21 heavy (non-hydrogen) atoms. The number of hydrogen-bond donors (Lipinski definition) is 1. The number of methoxy groups -OCH3 is 1. The van der Waals surface area contributed by atoms with E-state index in [9.17, 15) is 0 Å². The highest BCUT2D eigenvalue weighted by Crippen LogP contribution is 2.23. The number of ether oxygens (including phenoxy) is 1. The first-order chi connectivity index (χ1) is 10.3. The van der Waals surface area contributed by atoms with Crippen molar-refractivity contribution in [3.8, 4) is 0 Å². The Bertz CT molecular complexity index is 510. The summed E-state index contributed by atoms with van der Waals surface area (Å²) in [6, 6.07) is 13.1. The second kappa shape index (κ2) is 8.29. The summed E-state index contributed by atoms with van der Waals surface area (Å²) < 4.78 is 5.16. The Morgan fingerprint density at radius 3 is 2.52 bits per heavy atom. The zero-order valence-corrected chi connectivity index (χ0v) is 13.6. The van der Waals surface area contributed by atoms with Crippen molar-refractivity contribution >= 4 is 11.3 Å². The molecule has 1 heterocycles. The Hall–Kier alpha value is -1.20. The normalized spacial score (nSPS) is 12.8. The van der Waals surface area contributed by atoms with Gasteiger partial charge in [-0.25, -0.2) is 0 Å². The molecule has 0 fully saturated rings. The third kappa shape index (κ3) is 4.38. The van der Waals surface area contributed by atoms with Gasteiger partial charge in [-0.15, -0.1) is 11.3 Å². The van der Waals surface area contributed by atoms with Crippen molar-refractivity contribution in [3.63, 3.8) is 0 Å². The van der Waals surface area contributed by atoms with Crippen LogP contribution < -0.4 is 5.73 Å². The molecule has 1 atom stereocenters. The molecule has 2 N–H and O–H groups in total. The van der Waals surface area contributed by atoms with Crippen LogP contribution in [0.1, 0.15) is 29.0 Å². The average molecular weight is 304 g/mol. The summed E-state index contributed by atoms with van der Waals surface area (Å²) in [6.45, 7) is 5.41. The van der Waals surface area contributed by atoms with Crippen LogP contribution in [-0.4, -0.2) is 25.1 Å². The van der Waals surface area contributed by atoms with Crippen molar-refractivity contribution < 1.29 is 4.74 Å². The predicted octanol–water partition coefficient (Wildman–Crippen LogP) is 3.42. The molecular formula is C17H24N2OS. The van der Waals surface area contributed by atoms with Crippen LogP contribution in [0, 0.1) is 0 Å². The monoisotopic (exact) mass is 304 g/mol. The molecule has 1 aromatic carbocycles. The lowest BCUT2D eigenvalue weighted by Gasteiger charge is -2.30. The minimum atomic E-state index is 0.258. The van der Waals surface area contributed by atoms with Gasteiger partial charge < -0.3 is 10.5 Å². The second-order valence-corrected chi connectivity index (χ2v) is 6.10. The van der Waals surface area contributed by atoms with Crippen LogP contribution in [0.5, 0.6) is 0 Å². The van der Waals surface area contributed by atoms with Crippen LogP contribution in [0.3, 0.4) is 0 Å². The van der Waals surface area contributed by atoms with E-state index in [2.05, 4.69) is 53.6 Å². The SMILES string of the molecule is CCN(Cc1cccs1)C(CN)c1ccc(COC)cc1. The number of nitrogens with zero attached hydrogens (tertiary/aromatic N) is 1. The van der Waals surface area contributed by atoms with Crippen molar-refractivity contribution in [1.29, 1.82) is 0 Å². The topological polar surface area (TPSA) is 38.5 Å². The molecule has 1 unspecified atom stereocenters. The molecule has 0 spiro atoms. The Kier molecular flexibility index (Phi) is 6.39. The maximum Gasteiger partial charge on any atom is 0.0713 e. The van der Waals surface area contributed by atoms with Gasteiger partial charge in [0.1, 0.15) is 0 Å². The summed E-state index contributed by atoms with van der Waals surface area (Å²) in [5.41, 5.74) is 8.51. The van der Waals surface area contributed by atoms with E-state index in [0.29, 0.717) is 13.2 Å². The molecular weight excluding hydrogens is 280 g/mol. The van der Waals surface area contributed by atoms with E-state index in [1.54, 1.807) is 18.4 Å². The summed E-state index contributed by atoms with van der Waals surface area (Å²) in [6.07, 6.45) is 0. The zero-order chi connectivity index (χ0) is 15.1. The van der Waals surface area contributed by atoms with E-state index >= 15 is 0 Å². The average Bonchev–Trinajstić information content (AvgIpc) is 3.02. The molecule has 2 aromatic rings. The van der Waals surface area contributed by atoms with Gasteiger partial charge in [-0.2, -0.15) is 0 Å². The van der Waals surface area contributed by atoms with Gasteiger partial charge in [0.15, 0.2) is 0 Å². The highest BCUT2D eigenvalue weighted by molar-refractivity contribution is 7.09. The molecule has 0 saturated heterocycles. The van der Waals surface area contributed by atoms with Crippen LogP contribution in [0.2, 0.25) is 0 Å². The maximum atomic E-state index is 6.04. The fourth-order valence-corrected chi connectivity index (χ4v) is 3.27. The summed E-state index contributed by atoms with van der Waals surface area (Å²) >= 11 is 1.80. The lowest BCUT2D eigenvalue weighted by Crippen LogP contribution is -2.33. The molecule has 0 aliphatic carbocycles. The number of rotatable bonds is 8. The van der Waals surface area contributed by atoms with Crippen LogP contribution >= 0.6 is 11.3 Å². The van der Waals surface area contributed by atoms with Crippen LogP contribution in [0.25, 0.3) is 0 Å². The first-order valence-electron chi connectivity index (χ1n) is 7.32. The lowest BCUT2D eigenvalue weighted by molar-refractivity contribution is 0.184. The Morgan fingerprint density at radius 1 is 1.24 bits per heavy atom. The van der Waals surface area contributed by atoms with Crippen LogP contribution in [-0.2, 0) is 17.9 Å². The van der Waals surface area contributed by atoms with Crippen molar-refractivity contribution in [2.75, 3.05) is 20.2 Å². The molecule has 114 valence electrons. The van der Waals surface area contributed by atoms with Crippen LogP contribution in [0.4, 0.5) is 0 Å². The van der Waals surface area contributed by atoms with Crippen LogP contribution in [0.15, 0.2) is 41.8 Å². The van der Waals surface area contributed by atoms with E-state index < -0.39 is 0 Å². The van der Waals surface area contributed by atoms with E-state index in [1.165, 1.54) is 16.0 Å². The fourth-order valence-electron chi connectivity index (χ4n) is 2.54. The zero-order valence-electron chi connectivity index (χ0n) is 12.8. The summed E-state index contributed by atoms with van der Waals surface area (Å²) in [5, 5.41) is 2.13. The van der Waals surface area contributed by atoms with E-state index in [1.807, 2.05) is 0 Å². The molecule has 0 saturated carbocycles. The lowest BCUT2D eigenvalue weighted by atomic mass is 10.0. The van der Waals surface area contributed by atoms with Gasteiger partial charge in [0.2, 0.25) is 0 Å². The number of benzene rings is 1. The number of likely N-dealkylation sites (N-methyl/N-ethyl adjacent to an activating group) is 1. The molecule has 3 nitrogen and oxygen atoms in total. The standard InChI is InChI=1S/C17H24N2OS/c1-3-19(12-16-5-4-10-21-16)17(11-18)15-8-6-14(7-9-15)13-20-2/h4-10,17H,3,11-13,18H2,1-2H3. The summed E-state index contributed by atoms with van der Waals surface area (Å²) in [4.78, 5) is 3.81. The summed E-state index contributed by atoms with van der Waals surface area (Å²) in [5.74, 6) is 0. The molecule has 0 aliphatic rings. The van der Waals surface area contributed by atoms with E-state index in [-0.39, 0.29) is 6.04 Å². The number of nitrogens with two attached hydrogens (primary N) is 1. The highest BCUT2D eigenvalue weighted by atomic mass is 32.1. The van der Waals surface area contributed by atoms with Crippen molar-refractivity contribution in [1.82, 2.24) is 4.90 Å². The minimum Gasteiger partial charge on any atom is -0.380 e. The number of hydrogen-bond acceptors (Lipinski definition) is 4. The van der Waals surface area contributed by atoms with Gasteiger partial charge in [0.05, 0.1) is 6.61 Å². The van der Waals surface area contributed by atoms with Gasteiger partial charge >= 0.3 is 0 Å². The summed E-state index contributed by atoms with van der Waals surface area (Å²) in [7, 11) is 1.72. The Labute approximate surface area is 131 Å². The molecule has 0 aliphatic heterocycles. The molecule has 2 rings (SSSR count). The molecule has 1 aromatic heterocycles. The second-order valence-electron chi connectivity index (χ2n) is 5.07. The van der Waals surface area contributed by atoms with Gasteiger partial charge in [-0.3, -0.25) is 4.90 Å². The predicted molar refractivity (Wildman–Crippen MR) is 89.4 cm³/mol. The molecule has 0 radical (unpaired) electrons. The first kappa shape index (κ1) is 16.2. The smallest absolute Gasteiger partial charge is 0.0713 e. The van der Waals surface area contributed by atoms with Gasteiger partial charge in [0.25, 0.3) is 0 Å². The van der Waals surface area contributed by atoms with Crippen molar-refractivity contribution in [2.24, 2.45) is 5.73 Å². The van der Waals surface area contributed by atoms with Crippen molar-refractivity contribution in [2.45, 2.75) is 26.1 Å². The Balaban J connectivity index is 2.12. The first-order valence-corrected chi connectivity index (χ1v) is 8.20.